The van der Waals surface area contributed by atoms with Gasteiger partial charge in [-0.3, -0.25) is 9.98 Å². The van der Waals surface area contributed by atoms with Crippen LogP contribution in [0.15, 0.2) is 46.0 Å². The van der Waals surface area contributed by atoms with Crippen LogP contribution >= 0.6 is 0 Å². The number of nitrogens with zero attached hydrogens (tertiary/aromatic N) is 2. The molecule has 128 valence electrons. The summed E-state index contributed by atoms with van der Waals surface area (Å²) in [7, 11) is 1.87. The van der Waals surface area contributed by atoms with Crippen molar-refractivity contribution in [2.24, 2.45) is 15.4 Å². The lowest BCUT2D eigenvalue weighted by atomic mass is 9.75. The quantitative estimate of drug-likeness (QED) is 0.645. The van der Waals surface area contributed by atoms with Crippen molar-refractivity contribution in [3.05, 3.63) is 47.2 Å². The molecule has 0 bridgehead atoms. The summed E-state index contributed by atoms with van der Waals surface area (Å²) in [5.74, 6) is 0.763. The molecule has 0 spiro atoms. The van der Waals surface area contributed by atoms with E-state index in [0.29, 0.717) is 0 Å². The summed E-state index contributed by atoms with van der Waals surface area (Å²) in [5, 5.41) is 0. The predicted octanol–water partition coefficient (Wildman–Crippen LogP) is 5.93. The van der Waals surface area contributed by atoms with Crippen molar-refractivity contribution < 1.29 is 0 Å². The van der Waals surface area contributed by atoms with Gasteiger partial charge < -0.3 is 0 Å². The van der Waals surface area contributed by atoms with Crippen molar-refractivity contribution in [1.29, 1.82) is 0 Å². The van der Waals surface area contributed by atoms with Crippen molar-refractivity contribution in [1.82, 2.24) is 0 Å². The Morgan fingerprint density at radius 2 is 1.75 bits per heavy atom. The number of rotatable bonds is 2. The molecule has 2 heteroatoms. The number of allylic oxidation sites excluding steroid dienone is 2. The maximum absolute atomic E-state index is 4.96. The first-order chi connectivity index (χ1) is 11.5. The molecule has 0 aromatic heterocycles. The SMILES string of the molecule is C/C=C1/N=C(c2ccc(C3CCCCC3)cc2)C(C)(C)C/C1=N/C. The molecule has 0 radical (unpaired) electrons. The minimum Gasteiger partial charge on any atom is -0.291 e. The highest BCUT2D eigenvalue weighted by molar-refractivity contribution is 6.15. The van der Waals surface area contributed by atoms with Crippen molar-refractivity contribution >= 4 is 11.4 Å². The fourth-order valence-corrected chi connectivity index (χ4v) is 4.16. The zero-order valence-electron chi connectivity index (χ0n) is 15.6. The molecule has 1 saturated carbocycles. The Labute approximate surface area is 146 Å². The Hall–Kier alpha value is -1.70. The normalized spacial score (nSPS) is 25.1. The largest absolute Gasteiger partial charge is 0.291 e. The van der Waals surface area contributed by atoms with E-state index in [1.165, 1.54) is 48.9 Å². The lowest BCUT2D eigenvalue weighted by Crippen LogP contribution is -2.33. The first kappa shape index (κ1) is 17.1. The highest BCUT2D eigenvalue weighted by atomic mass is 14.9. The average Bonchev–Trinajstić information content (AvgIpc) is 2.62. The molecule has 0 N–H and O–H groups in total. The zero-order chi connectivity index (χ0) is 17.2. The van der Waals surface area contributed by atoms with Gasteiger partial charge in [0.25, 0.3) is 0 Å². The summed E-state index contributed by atoms with van der Waals surface area (Å²) in [6, 6.07) is 9.24. The maximum Gasteiger partial charge on any atom is 0.0801 e. The van der Waals surface area contributed by atoms with Gasteiger partial charge in [0.2, 0.25) is 0 Å². The van der Waals surface area contributed by atoms with E-state index in [0.717, 1.165) is 23.7 Å². The van der Waals surface area contributed by atoms with E-state index in [2.05, 4.69) is 49.2 Å². The smallest absolute Gasteiger partial charge is 0.0801 e. The van der Waals surface area contributed by atoms with Gasteiger partial charge in [0, 0.05) is 18.9 Å². The molecular weight excluding hydrogens is 292 g/mol. The molecule has 1 aliphatic carbocycles. The third-order valence-electron chi connectivity index (χ3n) is 5.58. The Morgan fingerprint density at radius 1 is 1.08 bits per heavy atom. The topological polar surface area (TPSA) is 24.7 Å². The van der Waals surface area contributed by atoms with Gasteiger partial charge in [0.05, 0.1) is 17.1 Å². The minimum atomic E-state index is 0.0215. The fourth-order valence-electron chi connectivity index (χ4n) is 4.16. The van der Waals surface area contributed by atoms with E-state index in [4.69, 9.17) is 4.99 Å². The van der Waals surface area contributed by atoms with E-state index in [-0.39, 0.29) is 5.41 Å². The van der Waals surface area contributed by atoms with E-state index in [9.17, 15) is 0 Å². The number of benzene rings is 1. The molecule has 2 aliphatic rings. The predicted molar refractivity (Wildman–Crippen MR) is 104 cm³/mol. The first-order valence-electron chi connectivity index (χ1n) is 9.37. The molecule has 0 amide bonds. The van der Waals surface area contributed by atoms with Crippen molar-refractivity contribution in [2.75, 3.05) is 7.05 Å². The van der Waals surface area contributed by atoms with Crippen LogP contribution in [0.4, 0.5) is 0 Å². The van der Waals surface area contributed by atoms with Gasteiger partial charge >= 0.3 is 0 Å². The molecule has 1 aromatic carbocycles. The van der Waals surface area contributed by atoms with Crippen LogP contribution in [-0.4, -0.2) is 18.5 Å². The van der Waals surface area contributed by atoms with Crippen LogP contribution in [0.1, 0.15) is 76.3 Å². The van der Waals surface area contributed by atoms with Gasteiger partial charge in [-0.1, -0.05) is 63.5 Å². The average molecular weight is 322 g/mol. The third-order valence-corrected chi connectivity index (χ3v) is 5.58. The zero-order valence-corrected chi connectivity index (χ0v) is 15.6. The second kappa shape index (κ2) is 7.04. The lowest BCUT2D eigenvalue weighted by molar-refractivity contribution is 0.443. The van der Waals surface area contributed by atoms with Crippen molar-refractivity contribution in [2.45, 2.75) is 65.2 Å². The molecular formula is C22H30N2. The molecule has 0 unspecified atom stereocenters. The Morgan fingerprint density at radius 3 is 2.33 bits per heavy atom. The van der Waals surface area contributed by atoms with E-state index < -0.39 is 0 Å². The van der Waals surface area contributed by atoms with Crippen LogP contribution in [0.5, 0.6) is 0 Å². The van der Waals surface area contributed by atoms with Gasteiger partial charge in [-0.2, -0.15) is 0 Å². The summed E-state index contributed by atoms with van der Waals surface area (Å²) in [6.07, 6.45) is 9.91. The summed E-state index contributed by atoms with van der Waals surface area (Å²) in [4.78, 5) is 9.40. The third kappa shape index (κ3) is 3.38. The Kier molecular flexibility index (Phi) is 5.03. The molecule has 24 heavy (non-hydrogen) atoms. The fraction of sp³-hybridized carbons (Fsp3) is 0.545. The molecule has 1 aromatic rings. The molecule has 1 fully saturated rings. The van der Waals surface area contributed by atoms with E-state index in [1.807, 2.05) is 14.0 Å². The van der Waals surface area contributed by atoms with Crippen LogP contribution in [0.25, 0.3) is 0 Å². The van der Waals surface area contributed by atoms with Gasteiger partial charge in [-0.15, -0.1) is 0 Å². The van der Waals surface area contributed by atoms with Crippen LogP contribution in [0.3, 0.4) is 0 Å². The van der Waals surface area contributed by atoms with Gasteiger partial charge in [-0.05, 0) is 36.8 Å². The maximum atomic E-state index is 4.96. The molecule has 0 saturated heterocycles. The van der Waals surface area contributed by atoms with Crippen molar-refractivity contribution in [3.63, 3.8) is 0 Å². The summed E-state index contributed by atoms with van der Waals surface area (Å²) in [5.41, 5.74) is 6.13. The van der Waals surface area contributed by atoms with Crippen LogP contribution in [-0.2, 0) is 0 Å². The van der Waals surface area contributed by atoms with Crippen LogP contribution in [0.2, 0.25) is 0 Å². The monoisotopic (exact) mass is 322 g/mol. The second-order valence-electron chi connectivity index (χ2n) is 7.82. The number of aliphatic imine (C=N–C) groups is 2. The molecule has 0 atom stereocenters. The summed E-state index contributed by atoms with van der Waals surface area (Å²) < 4.78 is 0. The standard InChI is InChI=1S/C22H30N2/c1-5-19-20(23-4)15-22(2,3)21(24-19)18-13-11-17(12-14-18)16-9-7-6-8-10-16/h5,11-14,16H,6-10,15H2,1-4H3/b19-5+,23-20-. The van der Waals surface area contributed by atoms with Crippen molar-refractivity contribution in [3.8, 4) is 0 Å². The molecule has 2 nitrogen and oxygen atoms in total. The number of hydrogen-bond acceptors (Lipinski definition) is 2. The van der Waals surface area contributed by atoms with Crippen LogP contribution < -0.4 is 0 Å². The highest BCUT2D eigenvalue weighted by Crippen LogP contribution is 2.36. The van der Waals surface area contributed by atoms with Gasteiger partial charge in [0.15, 0.2) is 0 Å². The second-order valence-corrected chi connectivity index (χ2v) is 7.82. The van der Waals surface area contributed by atoms with E-state index in [1.54, 1.807) is 0 Å². The molecule has 3 rings (SSSR count). The Balaban J connectivity index is 1.91. The van der Waals surface area contributed by atoms with Crippen LogP contribution in [0, 0.1) is 5.41 Å². The van der Waals surface area contributed by atoms with Gasteiger partial charge in [0.1, 0.15) is 0 Å². The number of hydrogen-bond donors (Lipinski definition) is 0. The Bertz CT molecular complexity index is 668. The first-order valence-corrected chi connectivity index (χ1v) is 9.37. The lowest BCUT2D eigenvalue weighted by Gasteiger charge is -2.32. The summed E-state index contributed by atoms with van der Waals surface area (Å²) in [6.45, 7) is 6.60. The summed E-state index contributed by atoms with van der Waals surface area (Å²) >= 11 is 0. The molecule has 1 heterocycles. The highest BCUT2D eigenvalue weighted by Gasteiger charge is 2.33. The minimum absolute atomic E-state index is 0.0215. The molecule has 1 aliphatic heterocycles. The van der Waals surface area contributed by atoms with E-state index >= 15 is 0 Å². The van der Waals surface area contributed by atoms with Gasteiger partial charge in [-0.25, -0.2) is 0 Å².